The summed E-state index contributed by atoms with van der Waals surface area (Å²) in [7, 11) is 0. The Morgan fingerprint density at radius 2 is 2.04 bits per heavy atom. The molecule has 1 aromatic heterocycles. The van der Waals surface area contributed by atoms with Crippen LogP contribution in [0.5, 0.6) is 0 Å². The third-order valence-electron chi connectivity index (χ3n) is 4.24. The number of aryl methyl sites for hydroxylation is 1. The number of halogens is 3. The van der Waals surface area contributed by atoms with Crippen LogP contribution >= 0.6 is 12.4 Å². The molecule has 0 spiro atoms. The van der Waals surface area contributed by atoms with Crippen molar-refractivity contribution in [1.82, 2.24) is 10.3 Å². The fourth-order valence-corrected chi connectivity index (χ4v) is 2.86. The molecule has 134 valence electrons. The van der Waals surface area contributed by atoms with Crippen molar-refractivity contribution in [1.29, 1.82) is 0 Å². The van der Waals surface area contributed by atoms with E-state index in [1.165, 1.54) is 12.0 Å². The molecule has 2 N–H and O–H groups in total. The molecular weight excluding hydrogens is 348 g/mol. The summed E-state index contributed by atoms with van der Waals surface area (Å²) in [5.74, 6) is -1.76. The number of hydrogen-bond acceptors (Lipinski definition) is 3. The van der Waals surface area contributed by atoms with Gasteiger partial charge in [-0.3, -0.25) is 4.79 Å². The van der Waals surface area contributed by atoms with E-state index in [4.69, 9.17) is 0 Å². The molecule has 1 amide bonds. The maximum Gasteiger partial charge on any atom is 0.277 e. The van der Waals surface area contributed by atoms with Crippen LogP contribution in [0.15, 0.2) is 36.5 Å². The van der Waals surface area contributed by atoms with E-state index in [0.29, 0.717) is 11.8 Å². The summed E-state index contributed by atoms with van der Waals surface area (Å²) in [6.45, 7) is 2.19. The van der Waals surface area contributed by atoms with E-state index in [1.54, 1.807) is 12.1 Å². The highest BCUT2D eigenvalue weighted by molar-refractivity contribution is 6.03. The Hall–Kier alpha value is -2.05. The monoisotopic (exact) mass is 367 g/mol. The molecular formula is C18H20ClF2N3O. The van der Waals surface area contributed by atoms with Gasteiger partial charge in [0.15, 0.2) is 11.5 Å². The van der Waals surface area contributed by atoms with Gasteiger partial charge in [0.25, 0.3) is 5.91 Å². The Morgan fingerprint density at radius 3 is 2.68 bits per heavy atom. The number of amides is 1. The molecule has 0 aliphatic carbocycles. The van der Waals surface area contributed by atoms with Crippen LogP contribution in [0.3, 0.4) is 0 Å². The van der Waals surface area contributed by atoms with Gasteiger partial charge in [-0.05, 0) is 56.0 Å². The topological polar surface area (TPSA) is 54.0 Å². The Kier molecular flexibility index (Phi) is 6.84. The number of hydrogen-bond donors (Lipinski definition) is 2. The number of benzene rings is 1. The molecule has 1 aliphatic rings. The van der Waals surface area contributed by atoms with E-state index in [1.807, 2.05) is 12.1 Å². The zero-order chi connectivity index (χ0) is 16.9. The molecule has 0 saturated carbocycles. The minimum absolute atomic E-state index is 0. The van der Waals surface area contributed by atoms with Gasteiger partial charge in [-0.2, -0.15) is 0 Å². The lowest BCUT2D eigenvalue weighted by atomic mass is 9.99. The van der Waals surface area contributed by atoms with E-state index >= 15 is 0 Å². The van der Waals surface area contributed by atoms with Crippen LogP contribution in [0.4, 0.5) is 14.5 Å². The van der Waals surface area contributed by atoms with Crippen LogP contribution in [-0.4, -0.2) is 24.0 Å². The average Bonchev–Trinajstić information content (AvgIpc) is 3.07. The minimum Gasteiger partial charge on any atom is -0.321 e. The third-order valence-corrected chi connectivity index (χ3v) is 4.24. The van der Waals surface area contributed by atoms with Crippen LogP contribution < -0.4 is 10.6 Å². The largest absolute Gasteiger partial charge is 0.321 e. The molecule has 1 unspecified atom stereocenters. The van der Waals surface area contributed by atoms with Crippen molar-refractivity contribution in [2.45, 2.75) is 19.3 Å². The lowest BCUT2D eigenvalue weighted by Gasteiger charge is -2.09. The number of nitrogens with one attached hydrogen (secondary N) is 2. The highest BCUT2D eigenvalue weighted by Crippen LogP contribution is 2.18. The molecule has 2 heterocycles. The van der Waals surface area contributed by atoms with Crippen LogP contribution in [-0.2, 0) is 6.42 Å². The summed E-state index contributed by atoms with van der Waals surface area (Å²) in [6, 6.07) is 8.10. The molecule has 1 saturated heterocycles. The molecule has 1 aliphatic heterocycles. The molecule has 1 atom stereocenters. The SMILES string of the molecule is Cl.O=C(Nc1ccc(CCC2CCNC2)cc1)c1ncc(F)cc1F. The number of carbonyl (C=O) groups is 1. The number of pyridine rings is 1. The molecule has 0 radical (unpaired) electrons. The predicted octanol–water partition coefficient (Wildman–Crippen LogP) is 3.58. The number of anilines is 1. The number of nitrogens with zero attached hydrogens (tertiary/aromatic N) is 1. The van der Waals surface area contributed by atoms with Crippen molar-refractivity contribution in [3.05, 3.63) is 59.4 Å². The van der Waals surface area contributed by atoms with Gasteiger partial charge in [-0.25, -0.2) is 13.8 Å². The van der Waals surface area contributed by atoms with Crippen molar-refractivity contribution in [3.63, 3.8) is 0 Å². The lowest BCUT2D eigenvalue weighted by Crippen LogP contribution is -2.16. The summed E-state index contributed by atoms with van der Waals surface area (Å²) >= 11 is 0. The molecule has 4 nitrogen and oxygen atoms in total. The normalized spacial score (nSPS) is 16.3. The van der Waals surface area contributed by atoms with Gasteiger partial charge >= 0.3 is 0 Å². The summed E-state index contributed by atoms with van der Waals surface area (Å²) in [6.07, 6.45) is 4.18. The Bertz CT molecular complexity index is 719. The first-order valence-electron chi connectivity index (χ1n) is 8.04. The standard InChI is InChI=1S/C18H19F2N3O.ClH/c19-14-9-16(20)17(22-11-14)18(24)23-15-5-3-12(4-6-15)1-2-13-7-8-21-10-13;/h3-6,9,11,13,21H,1-2,7-8,10H2,(H,23,24);1H. The first kappa shape index (κ1) is 19.3. The highest BCUT2D eigenvalue weighted by atomic mass is 35.5. The maximum absolute atomic E-state index is 13.5. The molecule has 0 bridgehead atoms. The second kappa shape index (κ2) is 8.87. The van der Waals surface area contributed by atoms with Crippen LogP contribution in [0.1, 0.15) is 28.9 Å². The van der Waals surface area contributed by atoms with Gasteiger partial charge < -0.3 is 10.6 Å². The molecule has 3 rings (SSSR count). The van der Waals surface area contributed by atoms with E-state index < -0.39 is 23.2 Å². The molecule has 1 fully saturated rings. The lowest BCUT2D eigenvalue weighted by molar-refractivity contribution is 0.101. The first-order valence-corrected chi connectivity index (χ1v) is 8.04. The second-order valence-electron chi connectivity index (χ2n) is 6.03. The van der Waals surface area contributed by atoms with E-state index in [0.717, 1.165) is 38.0 Å². The van der Waals surface area contributed by atoms with Crippen molar-refractivity contribution in [3.8, 4) is 0 Å². The molecule has 1 aromatic carbocycles. The fourth-order valence-electron chi connectivity index (χ4n) is 2.86. The molecule has 2 aromatic rings. The Morgan fingerprint density at radius 1 is 1.28 bits per heavy atom. The van der Waals surface area contributed by atoms with Gasteiger partial charge in [-0.1, -0.05) is 12.1 Å². The van der Waals surface area contributed by atoms with Crippen LogP contribution in [0.25, 0.3) is 0 Å². The van der Waals surface area contributed by atoms with Gasteiger partial charge in [0, 0.05) is 11.8 Å². The van der Waals surface area contributed by atoms with E-state index in [-0.39, 0.29) is 12.4 Å². The fraction of sp³-hybridized carbons (Fsp3) is 0.333. The number of rotatable bonds is 5. The van der Waals surface area contributed by atoms with Gasteiger partial charge in [0.2, 0.25) is 0 Å². The zero-order valence-electron chi connectivity index (χ0n) is 13.6. The zero-order valence-corrected chi connectivity index (χ0v) is 14.4. The summed E-state index contributed by atoms with van der Waals surface area (Å²) in [4.78, 5) is 15.5. The van der Waals surface area contributed by atoms with E-state index in [2.05, 4.69) is 15.6 Å². The maximum atomic E-state index is 13.5. The van der Waals surface area contributed by atoms with Gasteiger partial charge in [0.05, 0.1) is 6.20 Å². The smallest absolute Gasteiger partial charge is 0.277 e. The van der Waals surface area contributed by atoms with Crippen LogP contribution in [0, 0.1) is 17.6 Å². The highest BCUT2D eigenvalue weighted by Gasteiger charge is 2.15. The van der Waals surface area contributed by atoms with Crippen molar-refractivity contribution in [2.24, 2.45) is 5.92 Å². The third kappa shape index (κ3) is 5.21. The predicted molar refractivity (Wildman–Crippen MR) is 95.1 cm³/mol. The molecule has 7 heteroatoms. The minimum atomic E-state index is -0.978. The quantitative estimate of drug-likeness (QED) is 0.849. The number of aromatic nitrogens is 1. The first-order chi connectivity index (χ1) is 11.6. The van der Waals surface area contributed by atoms with Crippen LogP contribution in [0.2, 0.25) is 0 Å². The summed E-state index contributed by atoms with van der Waals surface area (Å²) < 4.78 is 26.4. The van der Waals surface area contributed by atoms with E-state index in [9.17, 15) is 13.6 Å². The molecule has 25 heavy (non-hydrogen) atoms. The Labute approximate surface area is 151 Å². The van der Waals surface area contributed by atoms with Crippen molar-refractivity contribution < 1.29 is 13.6 Å². The van der Waals surface area contributed by atoms with Gasteiger partial charge in [0.1, 0.15) is 5.82 Å². The Balaban J connectivity index is 0.00000225. The summed E-state index contributed by atoms with van der Waals surface area (Å²) in [5, 5.41) is 5.92. The van der Waals surface area contributed by atoms with Crippen molar-refractivity contribution >= 4 is 24.0 Å². The summed E-state index contributed by atoms with van der Waals surface area (Å²) in [5.41, 5.74) is 1.33. The average molecular weight is 368 g/mol. The van der Waals surface area contributed by atoms with Gasteiger partial charge in [-0.15, -0.1) is 12.4 Å². The second-order valence-corrected chi connectivity index (χ2v) is 6.03. The van der Waals surface area contributed by atoms with Crippen molar-refractivity contribution in [2.75, 3.05) is 18.4 Å². The number of carbonyl (C=O) groups excluding carboxylic acids is 1.